The first-order valence-electron chi connectivity index (χ1n) is 6.48. The molecule has 21 heavy (non-hydrogen) atoms. The Morgan fingerprint density at radius 3 is 2.33 bits per heavy atom. The Hall–Kier alpha value is -2.08. The van der Waals surface area contributed by atoms with Crippen LogP contribution in [0.15, 0.2) is 34.3 Å². The van der Waals surface area contributed by atoms with Gasteiger partial charge in [-0.3, -0.25) is 4.79 Å². The van der Waals surface area contributed by atoms with Crippen molar-refractivity contribution in [1.29, 1.82) is 0 Å². The molecular weight excluding hydrogens is 284 g/mol. The van der Waals surface area contributed by atoms with Gasteiger partial charge in [-0.15, -0.1) is 0 Å². The lowest BCUT2D eigenvalue weighted by molar-refractivity contribution is 0.0824. The van der Waals surface area contributed by atoms with Crippen molar-refractivity contribution in [3.63, 3.8) is 0 Å². The van der Waals surface area contributed by atoms with Gasteiger partial charge in [0.1, 0.15) is 0 Å². The summed E-state index contributed by atoms with van der Waals surface area (Å²) in [7, 11) is 3.45. The van der Waals surface area contributed by atoms with Crippen molar-refractivity contribution in [3.05, 3.63) is 41.2 Å². The molecule has 0 fully saturated rings. The molecule has 0 aliphatic heterocycles. The zero-order chi connectivity index (χ0) is 15.6. The number of hydrogen-bond acceptors (Lipinski definition) is 5. The lowest BCUT2D eigenvalue weighted by Gasteiger charge is -2.14. The molecule has 0 unspecified atom stereocenters. The number of nitrogens with zero attached hydrogens (tertiary/aromatic N) is 3. The van der Waals surface area contributed by atoms with E-state index in [0.29, 0.717) is 16.4 Å². The smallest absolute Gasteiger partial charge is 0.254 e. The molecule has 0 radical (unpaired) electrons. The van der Waals surface area contributed by atoms with Crippen molar-refractivity contribution < 1.29 is 4.79 Å². The first-order valence-corrected chi connectivity index (χ1v) is 7.30. The number of rotatable bonds is 3. The molecule has 110 valence electrons. The van der Waals surface area contributed by atoms with Crippen LogP contribution in [0.5, 0.6) is 0 Å². The Kier molecular flexibility index (Phi) is 4.47. The molecule has 0 bridgehead atoms. The number of benzene rings is 1. The van der Waals surface area contributed by atoms with Crippen LogP contribution in [0.25, 0.3) is 0 Å². The predicted molar refractivity (Wildman–Crippen MR) is 84.5 cm³/mol. The topological polar surface area (TPSA) is 72.1 Å². The van der Waals surface area contributed by atoms with Crippen molar-refractivity contribution >= 4 is 23.4 Å². The molecule has 0 aliphatic rings. The molecular formula is C15H18N4OS. The summed E-state index contributed by atoms with van der Waals surface area (Å²) < 4.78 is 0. The van der Waals surface area contributed by atoms with Crippen LogP contribution in [0.1, 0.15) is 21.7 Å². The van der Waals surface area contributed by atoms with Crippen LogP contribution < -0.4 is 5.73 Å². The van der Waals surface area contributed by atoms with Gasteiger partial charge >= 0.3 is 0 Å². The number of nitrogen functional groups attached to an aromatic ring is 1. The molecule has 0 aliphatic carbocycles. The fraction of sp³-hybridized carbons (Fsp3) is 0.267. The lowest BCUT2D eigenvalue weighted by atomic mass is 10.2. The second-order valence-corrected chi connectivity index (χ2v) is 6.00. The van der Waals surface area contributed by atoms with Crippen LogP contribution in [-0.4, -0.2) is 34.9 Å². The van der Waals surface area contributed by atoms with E-state index in [1.54, 1.807) is 32.3 Å². The molecule has 1 aromatic heterocycles. The molecule has 0 saturated heterocycles. The average molecular weight is 302 g/mol. The van der Waals surface area contributed by atoms with E-state index in [2.05, 4.69) is 9.97 Å². The Bertz CT molecular complexity index is 665. The summed E-state index contributed by atoms with van der Waals surface area (Å²) in [6.07, 6.45) is 0. The third kappa shape index (κ3) is 3.72. The summed E-state index contributed by atoms with van der Waals surface area (Å²) in [6, 6.07) is 7.16. The van der Waals surface area contributed by atoms with Crippen LogP contribution in [0, 0.1) is 13.8 Å². The quantitative estimate of drug-likeness (QED) is 0.697. The number of aryl methyl sites for hydroxylation is 2. The van der Waals surface area contributed by atoms with Crippen LogP contribution in [0.3, 0.4) is 0 Å². The minimum absolute atomic E-state index is 0.0677. The Morgan fingerprint density at radius 1 is 1.14 bits per heavy atom. The monoisotopic (exact) mass is 302 g/mol. The van der Waals surface area contributed by atoms with Crippen molar-refractivity contribution in [3.8, 4) is 0 Å². The molecule has 1 aromatic carbocycles. The minimum Gasteiger partial charge on any atom is -0.399 e. The fourth-order valence-electron chi connectivity index (χ4n) is 1.88. The van der Waals surface area contributed by atoms with Gasteiger partial charge in [-0.2, -0.15) is 0 Å². The number of carbonyl (C=O) groups excluding carboxylic acids is 1. The third-order valence-electron chi connectivity index (χ3n) is 2.81. The molecule has 5 nitrogen and oxygen atoms in total. The van der Waals surface area contributed by atoms with Crippen LogP contribution in [-0.2, 0) is 0 Å². The Balaban J connectivity index is 2.43. The number of anilines is 1. The molecule has 1 amide bonds. The zero-order valence-electron chi connectivity index (χ0n) is 12.5. The van der Waals surface area contributed by atoms with E-state index in [0.717, 1.165) is 16.3 Å². The van der Waals surface area contributed by atoms with E-state index < -0.39 is 0 Å². The summed E-state index contributed by atoms with van der Waals surface area (Å²) in [5.74, 6) is -0.0677. The number of hydrogen-bond donors (Lipinski definition) is 1. The standard InChI is InChI=1S/C15H18N4OS/c1-9-7-10(2)18-15(17-9)21-13-8-11(16)5-6-12(13)14(20)19(3)4/h5-8H,16H2,1-4H3. The summed E-state index contributed by atoms with van der Waals surface area (Å²) in [6.45, 7) is 3.84. The van der Waals surface area contributed by atoms with Gasteiger partial charge in [-0.25, -0.2) is 9.97 Å². The predicted octanol–water partition coefficient (Wildman–Crippen LogP) is 2.53. The number of amides is 1. The van der Waals surface area contributed by atoms with Crippen molar-refractivity contribution in [2.75, 3.05) is 19.8 Å². The van der Waals surface area contributed by atoms with Crippen molar-refractivity contribution in [2.24, 2.45) is 0 Å². The molecule has 2 N–H and O–H groups in total. The van der Waals surface area contributed by atoms with Gasteiger partial charge in [0.25, 0.3) is 5.91 Å². The number of carbonyl (C=O) groups is 1. The highest BCUT2D eigenvalue weighted by atomic mass is 32.2. The molecule has 6 heteroatoms. The maximum absolute atomic E-state index is 12.2. The van der Waals surface area contributed by atoms with E-state index in [1.807, 2.05) is 19.9 Å². The normalized spacial score (nSPS) is 10.5. The van der Waals surface area contributed by atoms with Gasteiger partial charge in [0.2, 0.25) is 0 Å². The van der Waals surface area contributed by atoms with Crippen molar-refractivity contribution in [1.82, 2.24) is 14.9 Å². The van der Waals surface area contributed by atoms with Gasteiger partial charge in [0.05, 0.1) is 5.56 Å². The largest absolute Gasteiger partial charge is 0.399 e. The van der Waals surface area contributed by atoms with E-state index in [4.69, 9.17) is 5.73 Å². The molecule has 2 rings (SSSR count). The lowest BCUT2D eigenvalue weighted by Crippen LogP contribution is -2.22. The Morgan fingerprint density at radius 2 is 1.76 bits per heavy atom. The van der Waals surface area contributed by atoms with Gasteiger partial charge in [0.15, 0.2) is 5.16 Å². The molecule has 2 aromatic rings. The minimum atomic E-state index is -0.0677. The summed E-state index contributed by atoms with van der Waals surface area (Å²) in [4.78, 5) is 23.3. The van der Waals surface area contributed by atoms with Gasteiger partial charge in [0, 0.05) is 36.1 Å². The number of nitrogens with two attached hydrogens (primary N) is 1. The summed E-state index contributed by atoms with van der Waals surface area (Å²) in [5.41, 5.74) is 8.84. The first-order chi connectivity index (χ1) is 9.86. The molecule has 0 atom stereocenters. The van der Waals surface area contributed by atoms with Crippen molar-refractivity contribution in [2.45, 2.75) is 23.9 Å². The molecule has 0 spiro atoms. The number of aromatic nitrogens is 2. The third-order valence-corrected chi connectivity index (χ3v) is 3.73. The van der Waals surface area contributed by atoms with Gasteiger partial charge < -0.3 is 10.6 Å². The van der Waals surface area contributed by atoms with E-state index >= 15 is 0 Å². The van der Waals surface area contributed by atoms with E-state index in [-0.39, 0.29) is 5.91 Å². The van der Waals surface area contributed by atoms with Crippen LogP contribution in [0.4, 0.5) is 5.69 Å². The highest BCUT2D eigenvalue weighted by molar-refractivity contribution is 7.99. The van der Waals surface area contributed by atoms with E-state index in [1.165, 1.54) is 16.7 Å². The van der Waals surface area contributed by atoms with Crippen LogP contribution >= 0.6 is 11.8 Å². The molecule has 0 saturated carbocycles. The second-order valence-electron chi connectivity index (χ2n) is 4.99. The first kappa shape index (κ1) is 15.3. The average Bonchev–Trinajstić information content (AvgIpc) is 2.36. The zero-order valence-corrected chi connectivity index (χ0v) is 13.4. The Labute approximate surface area is 128 Å². The van der Waals surface area contributed by atoms with E-state index in [9.17, 15) is 4.79 Å². The highest BCUT2D eigenvalue weighted by Crippen LogP contribution is 2.30. The summed E-state index contributed by atoms with van der Waals surface area (Å²) in [5, 5.41) is 0.617. The second kappa shape index (κ2) is 6.13. The highest BCUT2D eigenvalue weighted by Gasteiger charge is 2.15. The van der Waals surface area contributed by atoms with Gasteiger partial charge in [-0.05, 0) is 49.9 Å². The van der Waals surface area contributed by atoms with Crippen LogP contribution in [0.2, 0.25) is 0 Å². The van der Waals surface area contributed by atoms with Gasteiger partial charge in [-0.1, -0.05) is 0 Å². The summed E-state index contributed by atoms with van der Waals surface area (Å²) >= 11 is 1.35. The fourth-order valence-corrected chi connectivity index (χ4v) is 2.91. The SMILES string of the molecule is Cc1cc(C)nc(Sc2cc(N)ccc2C(=O)N(C)C)n1. The maximum Gasteiger partial charge on any atom is 0.254 e. The molecule has 1 heterocycles. The maximum atomic E-state index is 12.2.